The maximum absolute atomic E-state index is 14.7. The zero-order valence-corrected chi connectivity index (χ0v) is 23.5. The largest absolute Gasteiger partial charge is 0.456 e. The molecule has 3 aromatic heterocycles. The van der Waals surface area contributed by atoms with Crippen LogP contribution in [0, 0.1) is 13.8 Å². The van der Waals surface area contributed by atoms with E-state index >= 15 is 0 Å². The number of para-hydroxylation sites is 1. The summed E-state index contributed by atoms with van der Waals surface area (Å²) in [6, 6.07) is 11.2. The summed E-state index contributed by atoms with van der Waals surface area (Å²) in [5, 5.41) is 8.36. The van der Waals surface area contributed by atoms with E-state index < -0.39 is 5.67 Å². The van der Waals surface area contributed by atoms with Crippen molar-refractivity contribution < 1.29 is 13.9 Å². The predicted molar refractivity (Wildman–Crippen MR) is 156 cm³/mol. The first-order chi connectivity index (χ1) is 18.9. The quantitative estimate of drug-likeness (QED) is 0.254. The Morgan fingerprint density at radius 2 is 1.85 bits per heavy atom. The highest BCUT2D eigenvalue weighted by molar-refractivity contribution is 6.05. The van der Waals surface area contributed by atoms with Crippen molar-refractivity contribution >= 4 is 33.5 Å². The molecule has 0 aliphatic heterocycles. The fourth-order valence-electron chi connectivity index (χ4n) is 4.99. The molecule has 0 aliphatic carbocycles. The van der Waals surface area contributed by atoms with Crippen molar-refractivity contribution in [3.8, 4) is 22.6 Å². The van der Waals surface area contributed by atoms with E-state index in [1.807, 2.05) is 45.0 Å². The van der Waals surface area contributed by atoms with Crippen molar-refractivity contribution in [1.29, 1.82) is 0 Å². The van der Waals surface area contributed by atoms with Gasteiger partial charge in [-0.3, -0.25) is 14.3 Å². The first-order valence-corrected chi connectivity index (χ1v) is 13.1. The van der Waals surface area contributed by atoms with Gasteiger partial charge in [0.1, 0.15) is 28.4 Å². The number of fused-ring (bicyclic) bond motifs is 2. The summed E-state index contributed by atoms with van der Waals surface area (Å²) in [5.74, 6) is 1.11. The number of benzene rings is 2. The second-order valence-corrected chi connectivity index (χ2v) is 10.7. The maximum atomic E-state index is 14.7. The molecule has 0 fully saturated rings. The second-order valence-electron chi connectivity index (χ2n) is 10.7. The Hall–Kier alpha value is -4.60. The smallest absolute Gasteiger partial charge is 0.274 e. The Balaban J connectivity index is 1.83. The van der Waals surface area contributed by atoms with E-state index in [0.29, 0.717) is 45.5 Å². The number of anilines is 1. The minimum Gasteiger partial charge on any atom is -0.456 e. The van der Waals surface area contributed by atoms with Gasteiger partial charge in [0.15, 0.2) is 5.82 Å². The molecule has 10 heteroatoms. The molecule has 208 valence electrons. The normalized spacial score (nSPS) is 11.9. The van der Waals surface area contributed by atoms with E-state index in [2.05, 4.69) is 15.4 Å². The van der Waals surface area contributed by atoms with Gasteiger partial charge >= 0.3 is 0 Å². The molecule has 0 unspecified atom stereocenters. The van der Waals surface area contributed by atoms with Crippen molar-refractivity contribution in [2.75, 3.05) is 12.3 Å². The van der Waals surface area contributed by atoms with Crippen LogP contribution in [0.25, 0.3) is 32.9 Å². The Morgan fingerprint density at radius 3 is 2.50 bits per heavy atom. The fraction of sp³-hybridized carbons (Fsp3) is 0.300. The lowest BCUT2D eigenvalue weighted by Gasteiger charge is -2.18. The molecular formula is C30H33FN6O3. The van der Waals surface area contributed by atoms with Gasteiger partial charge in [0.2, 0.25) is 0 Å². The number of nitrogens with one attached hydrogen (secondary N) is 2. The number of aromatic amines is 1. The third kappa shape index (κ3) is 4.81. The van der Waals surface area contributed by atoms with E-state index in [9.17, 15) is 14.0 Å². The molecule has 0 saturated heterocycles. The lowest BCUT2D eigenvalue weighted by molar-refractivity contribution is 0.0951. The van der Waals surface area contributed by atoms with Gasteiger partial charge in [-0.25, -0.2) is 4.39 Å². The van der Waals surface area contributed by atoms with Gasteiger partial charge in [-0.2, -0.15) is 5.10 Å². The predicted octanol–water partition coefficient (Wildman–Crippen LogP) is 5.37. The van der Waals surface area contributed by atoms with Gasteiger partial charge in [-0.1, -0.05) is 18.2 Å². The number of nitrogen functional groups attached to an aromatic ring is 1. The monoisotopic (exact) mass is 544 g/mol. The van der Waals surface area contributed by atoms with E-state index in [1.165, 1.54) is 18.4 Å². The van der Waals surface area contributed by atoms with Gasteiger partial charge in [0, 0.05) is 41.7 Å². The van der Waals surface area contributed by atoms with Crippen LogP contribution in [0.4, 0.5) is 10.2 Å². The van der Waals surface area contributed by atoms with Gasteiger partial charge in [0.05, 0.1) is 12.1 Å². The number of ether oxygens (including phenoxy) is 1. The number of alkyl halides is 1. The molecule has 3 heterocycles. The number of aromatic nitrogens is 4. The summed E-state index contributed by atoms with van der Waals surface area (Å²) in [5.41, 5.74) is 8.84. The van der Waals surface area contributed by atoms with Crippen LogP contribution >= 0.6 is 0 Å². The molecule has 4 N–H and O–H groups in total. The number of halogens is 1. The molecule has 0 saturated carbocycles. The third-order valence-corrected chi connectivity index (χ3v) is 6.86. The summed E-state index contributed by atoms with van der Waals surface area (Å²) in [6.07, 6.45) is 1.71. The first-order valence-electron chi connectivity index (χ1n) is 13.1. The molecule has 0 bridgehead atoms. The summed E-state index contributed by atoms with van der Waals surface area (Å²) >= 11 is 0. The molecule has 0 spiro atoms. The van der Waals surface area contributed by atoms with Crippen LogP contribution in [-0.2, 0) is 13.6 Å². The Bertz CT molecular complexity index is 1820. The topological polar surface area (TPSA) is 120 Å². The van der Waals surface area contributed by atoms with Crippen LogP contribution in [0.2, 0.25) is 0 Å². The third-order valence-electron chi connectivity index (χ3n) is 6.86. The van der Waals surface area contributed by atoms with Crippen LogP contribution in [0.3, 0.4) is 0 Å². The number of nitrogens with zero attached hydrogens (tertiary/aromatic N) is 3. The molecule has 5 aromatic rings. The van der Waals surface area contributed by atoms with Crippen molar-refractivity contribution in [3.63, 3.8) is 0 Å². The lowest BCUT2D eigenvalue weighted by atomic mass is 10.0. The van der Waals surface area contributed by atoms with Crippen molar-refractivity contribution in [2.45, 2.75) is 46.8 Å². The summed E-state index contributed by atoms with van der Waals surface area (Å²) in [7, 11) is 1.65. The minimum atomic E-state index is -1.54. The summed E-state index contributed by atoms with van der Waals surface area (Å²) in [6.45, 7) is 9.15. The highest BCUT2D eigenvalue weighted by atomic mass is 19.1. The molecule has 9 nitrogen and oxygen atoms in total. The standard InChI is InChI=1S/C30H33FN6O3/c1-7-33-28(38)22-11-19-21(14-36(6)29(39)25(19)34-22)18-12-23-20(27(32)35-37(23)15-30(4,5)31)13-24(18)40-26-16(2)9-8-10-17(26)3/h8-14,34H,7,15H2,1-6H3,(H2,32,35)(H,33,38). The number of hydrogen-bond donors (Lipinski definition) is 3. The van der Waals surface area contributed by atoms with Gasteiger partial charge < -0.3 is 25.3 Å². The van der Waals surface area contributed by atoms with E-state index in [-0.39, 0.29) is 35.0 Å². The van der Waals surface area contributed by atoms with E-state index in [1.54, 1.807) is 30.1 Å². The zero-order valence-electron chi connectivity index (χ0n) is 23.5. The number of carbonyl (C=O) groups is 1. The Labute approximate surface area is 230 Å². The first kappa shape index (κ1) is 27.0. The average Bonchev–Trinajstić information content (AvgIpc) is 3.44. The number of H-pyrrole nitrogens is 1. The number of nitrogens with two attached hydrogens (primary N) is 1. The van der Waals surface area contributed by atoms with Crippen molar-refractivity contribution in [1.82, 2.24) is 24.6 Å². The summed E-state index contributed by atoms with van der Waals surface area (Å²) in [4.78, 5) is 28.8. The zero-order chi connectivity index (χ0) is 28.9. The van der Waals surface area contributed by atoms with Gasteiger partial charge in [0.25, 0.3) is 11.5 Å². The number of pyridine rings is 1. The van der Waals surface area contributed by atoms with E-state index in [4.69, 9.17) is 10.5 Å². The minimum absolute atomic E-state index is 0.00851. The highest BCUT2D eigenvalue weighted by Crippen LogP contribution is 2.42. The number of aryl methyl sites for hydroxylation is 3. The van der Waals surface area contributed by atoms with Crippen LogP contribution < -0.4 is 21.3 Å². The SMILES string of the molecule is CCNC(=O)c1cc2c(-c3cc4c(cc3Oc3c(C)cccc3C)c(N)nn4CC(C)(C)F)cn(C)c(=O)c2[nH]1. The molecule has 40 heavy (non-hydrogen) atoms. The van der Waals surface area contributed by atoms with Crippen molar-refractivity contribution in [2.24, 2.45) is 7.05 Å². The van der Waals surface area contributed by atoms with Crippen LogP contribution in [0.1, 0.15) is 42.4 Å². The van der Waals surface area contributed by atoms with Crippen molar-refractivity contribution in [3.05, 3.63) is 69.8 Å². The molecule has 5 rings (SSSR count). The van der Waals surface area contributed by atoms with Gasteiger partial charge in [-0.15, -0.1) is 0 Å². The average molecular weight is 545 g/mol. The summed E-state index contributed by atoms with van der Waals surface area (Å²) < 4.78 is 24.3. The highest BCUT2D eigenvalue weighted by Gasteiger charge is 2.24. The number of rotatable bonds is 7. The van der Waals surface area contributed by atoms with E-state index in [0.717, 1.165) is 11.1 Å². The second kappa shape index (κ2) is 9.86. The molecule has 0 aliphatic rings. The number of carbonyl (C=O) groups excluding carboxylic acids is 1. The molecule has 0 radical (unpaired) electrons. The molecule has 1 amide bonds. The van der Waals surface area contributed by atoms with Gasteiger partial charge in [-0.05, 0) is 63.9 Å². The number of amides is 1. The molecule has 0 atom stereocenters. The Kier molecular flexibility index (Phi) is 6.65. The maximum Gasteiger partial charge on any atom is 0.274 e. The Morgan fingerprint density at radius 1 is 1.15 bits per heavy atom. The van der Waals surface area contributed by atoms with Crippen LogP contribution in [0.5, 0.6) is 11.5 Å². The number of hydrogen-bond acceptors (Lipinski definition) is 5. The fourth-order valence-corrected chi connectivity index (χ4v) is 4.99. The van der Waals surface area contributed by atoms with Crippen LogP contribution in [-0.4, -0.2) is 37.5 Å². The lowest BCUT2D eigenvalue weighted by Crippen LogP contribution is -2.23. The molecular weight excluding hydrogens is 511 g/mol. The molecule has 2 aromatic carbocycles. The van der Waals surface area contributed by atoms with Crippen LogP contribution in [0.15, 0.2) is 47.4 Å².